The van der Waals surface area contributed by atoms with Crippen molar-refractivity contribution in [2.45, 2.75) is 52.5 Å². The van der Waals surface area contributed by atoms with E-state index >= 15 is 0 Å². The fourth-order valence-electron chi connectivity index (χ4n) is 2.09. The summed E-state index contributed by atoms with van der Waals surface area (Å²) in [6.45, 7) is 7.85. The van der Waals surface area contributed by atoms with Crippen LogP contribution in [-0.4, -0.2) is 29.9 Å². The number of hydrogen-bond donors (Lipinski definition) is 1. The van der Waals surface area contributed by atoms with Crippen molar-refractivity contribution in [1.82, 2.24) is 4.90 Å². The molecule has 1 saturated heterocycles. The molecule has 3 heteroatoms. The summed E-state index contributed by atoms with van der Waals surface area (Å²) in [4.78, 5) is 14.1. The molecular weight excluding hydrogens is 188 g/mol. The van der Waals surface area contributed by atoms with Gasteiger partial charge in [-0.3, -0.25) is 4.79 Å². The molecule has 0 aromatic heterocycles. The topological polar surface area (TPSA) is 46.3 Å². The molecule has 88 valence electrons. The van der Waals surface area contributed by atoms with E-state index in [0.717, 1.165) is 25.9 Å². The van der Waals surface area contributed by atoms with Crippen LogP contribution < -0.4 is 5.73 Å². The highest BCUT2D eigenvalue weighted by molar-refractivity contribution is 5.83. The molecular formula is C12H24N2O. The first-order valence-corrected chi connectivity index (χ1v) is 6.05. The molecule has 0 aromatic carbocycles. The summed E-state index contributed by atoms with van der Waals surface area (Å²) < 4.78 is 0. The van der Waals surface area contributed by atoms with Crippen LogP contribution in [0.5, 0.6) is 0 Å². The van der Waals surface area contributed by atoms with Crippen molar-refractivity contribution in [3.63, 3.8) is 0 Å². The molecule has 1 heterocycles. The van der Waals surface area contributed by atoms with Crippen LogP contribution in [0.1, 0.15) is 46.5 Å². The quantitative estimate of drug-likeness (QED) is 0.722. The first kappa shape index (κ1) is 12.5. The molecule has 0 aliphatic carbocycles. The second kappa shape index (κ2) is 4.97. The van der Waals surface area contributed by atoms with E-state index in [2.05, 4.69) is 6.92 Å². The molecule has 1 rings (SSSR count). The van der Waals surface area contributed by atoms with Crippen molar-refractivity contribution in [1.29, 1.82) is 0 Å². The molecule has 0 aromatic rings. The van der Waals surface area contributed by atoms with E-state index in [1.54, 1.807) is 0 Å². The number of carbonyl (C=O) groups is 1. The van der Waals surface area contributed by atoms with Crippen molar-refractivity contribution in [3.05, 3.63) is 0 Å². The first-order chi connectivity index (χ1) is 7.00. The van der Waals surface area contributed by atoms with E-state index in [9.17, 15) is 4.79 Å². The number of piperidine rings is 1. The summed E-state index contributed by atoms with van der Waals surface area (Å²) in [6, 6.07) is 0.0208. The molecule has 1 unspecified atom stereocenters. The molecule has 0 bridgehead atoms. The van der Waals surface area contributed by atoms with Gasteiger partial charge in [-0.05, 0) is 26.7 Å². The van der Waals surface area contributed by atoms with Crippen LogP contribution in [0.25, 0.3) is 0 Å². The fraction of sp³-hybridized carbons (Fsp3) is 0.917. The van der Waals surface area contributed by atoms with Gasteiger partial charge in [-0.15, -0.1) is 0 Å². The Morgan fingerprint density at radius 2 is 2.13 bits per heavy atom. The van der Waals surface area contributed by atoms with Crippen LogP contribution in [0.4, 0.5) is 0 Å². The lowest BCUT2D eigenvalue weighted by atomic mass is 9.79. The third-order valence-electron chi connectivity index (χ3n) is 3.51. The Kier molecular flexibility index (Phi) is 4.14. The Balaban J connectivity index is 2.51. The number of amides is 1. The minimum Gasteiger partial charge on any atom is -0.342 e. The number of nitrogens with zero attached hydrogens (tertiary/aromatic N) is 1. The number of nitrogens with two attached hydrogens (primary N) is 1. The predicted molar refractivity (Wildman–Crippen MR) is 62.5 cm³/mol. The molecule has 0 spiro atoms. The van der Waals surface area contributed by atoms with E-state index < -0.39 is 0 Å². The Hall–Kier alpha value is -0.570. The van der Waals surface area contributed by atoms with E-state index in [4.69, 9.17) is 5.73 Å². The molecule has 15 heavy (non-hydrogen) atoms. The second-order valence-electron chi connectivity index (χ2n) is 5.12. The van der Waals surface area contributed by atoms with Crippen molar-refractivity contribution >= 4 is 5.91 Å². The van der Waals surface area contributed by atoms with Crippen LogP contribution in [0.15, 0.2) is 0 Å². The second-order valence-corrected chi connectivity index (χ2v) is 5.12. The Bertz CT molecular complexity index is 226. The average molecular weight is 212 g/mol. The number of carbonyl (C=O) groups excluding carboxylic acids is 1. The molecule has 1 aliphatic heterocycles. The SMILES string of the molecule is CCCCCN1CCC(N)C(C)(C)C1=O. The molecule has 3 nitrogen and oxygen atoms in total. The zero-order chi connectivity index (χ0) is 11.5. The molecule has 1 atom stereocenters. The molecule has 1 fully saturated rings. The van der Waals surface area contributed by atoms with Gasteiger partial charge >= 0.3 is 0 Å². The van der Waals surface area contributed by atoms with Gasteiger partial charge in [0.2, 0.25) is 5.91 Å². The predicted octanol–water partition coefficient (Wildman–Crippen LogP) is 1.76. The number of rotatable bonds is 4. The van der Waals surface area contributed by atoms with Gasteiger partial charge < -0.3 is 10.6 Å². The highest BCUT2D eigenvalue weighted by Crippen LogP contribution is 2.29. The van der Waals surface area contributed by atoms with E-state index in [0.29, 0.717) is 0 Å². The summed E-state index contributed by atoms with van der Waals surface area (Å²) in [7, 11) is 0. The fourth-order valence-corrected chi connectivity index (χ4v) is 2.09. The average Bonchev–Trinajstić information content (AvgIpc) is 2.19. The van der Waals surface area contributed by atoms with Gasteiger partial charge in [-0.25, -0.2) is 0 Å². The summed E-state index contributed by atoms with van der Waals surface area (Å²) in [5.41, 5.74) is 5.60. The molecule has 0 radical (unpaired) electrons. The van der Waals surface area contributed by atoms with E-state index in [-0.39, 0.29) is 17.4 Å². The Morgan fingerprint density at radius 1 is 1.47 bits per heavy atom. The maximum Gasteiger partial charge on any atom is 0.229 e. The Morgan fingerprint density at radius 3 is 2.73 bits per heavy atom. The van der Waals surface area contributed by atoms with E-state index in [1.807, 2.05) is 18.7 Å². The Labute approximate surface area is 93.0 Å². The normalized spacial score (nSPS) is 25.7. The minimum atomic E-state index is -0.371. The summed E-state index contributed by atoms with van der Waals surface area (Å²) in [5.74, 6) is 0.234. The molecule has 2 N–H and O–H groups in total. The third kappa shape index (κ3) is 2.71. The number of unbranched alkanes of at least 4 members (excludes halogenated alkanes) is 2. The van der Waals surface area contributed by atoms with Crippen LogP contribution in [0.2, 0.25) is 0 Å². The summed E-state index contributed by atoms with van der Waals surface area (Å²) >= 11 is 0. The highest BCUT2D eigenvalue weighted by atomic mass is 16.2. The number of likely N-dealkylation sites (tertiary alicyclic amines) is 1. The van der Waals surface area contributed by atoms with E-state index in [1.165, 1.54) is 12.8 Å². The van der Waals surface area contributed by atoms with Gasteiger partial charge in [0.15, 0.2) is 0 Å². The molecule has 1 aliphatic rings. The smallest absolute Gasteiger partial charge is 0.229 e. The zero-order valence-corrected chi connectivity index (χ0v) is 10.3. The van der Waals surface area contributed by atoms with Crippen molar-refractivity contribution in [2.24, 2.45) is 11.1 Å². The van der Waals surface area contributed by atoms with Crippen LogP contribution in [-0.2, 0) is 4.79 Å². The molecule has 0 saturated carbocycles. The van der Waals surface area contributed by atoms with Gasteiger partial charge in [0.1, 0.15) is 0 Å². The minimum absolute atomic E-state index is 0.0208. The summed E-state index contributed by atoms with van der Waals surface area (Å²) in [6.07, 6.45) is 4.46. The van der Waals surface area contributed by atoms with Crippen LogP contribution in [0, 0.1) is 5.41 Å². The monoisotopic (exact) mass is 212 g/mol. The van der Waals surface area contributed by atoms with Gasteiger partial charge in [-0.2, -0.15) is 0 Å². The maximum absolute atomic E-state index is 12.1. The van der Waals surface area contributed by atoms with Crippen molar-refractivity contribution in [2.75, 3.05) is 13.1 Å². The van der Waals surface area contributed by atoms with Gasteiger partial charge in [-0.1, -0.05) is 19.8 Å². The van der Waals surface area contributed by atoms with Gasteiger partial charge in [0.25, 0.3) is 0 Å². The van der Waals surface area contributed by atoms with Crippen molar-refractivity contribution < 1.29 is 4.79 Å². The first-order valence-electron chi connectivity index (χ1n) is 6.05. The lowest BCUT2D eigenvalue weighted by Crippen LogP contribution is -2.56. The standard InChI is InChI=1S/C12H24N2O/c1-4-5-6-8-14-9-7-10(13)12(2,3)11(14)15/h10H,4-9,13H2,1-3H3. The third-order valence-corrected chi connectivity index (χ3v) is 3.51. The van der Waals surface area contributed by atoms with Gasteiger partial charge in [0, 0.05) is 19.1 Å². The zero-order valence-electron chi connectivity index (χ0n) is 10.3. The lowest BCUT2D eigenvalue weighted by molar-refractivity contribution is -0.145. The highest BCUT2D eigenvalue weighted by Gasteiger charge is 2.41. The largest absolute Gasteiger partial charge is 0.342 e. The lowest BCUT2D eigenvalue weighted by Gasteiger charge is -2.41. The van der Waals surface area contributed by atoms with Gasteiger partial charge in [0.05, 0.1) is 5.41 Å². The van der Waals surface area contributed by atoms with Crippen LogP contribution in [0.3, 0.4) is 0 Å². The van der Waals surface area contributed by atoms with Crippen LogP contribution >= 0.6 is 0 Å². The number of hydrogen-bond acceptors (Lipinski definition) is 2. The maximum atomic E-state index is 12.1. The summed E-state index contributed by atoms with van der Waals surface area (Å²) in [5, 5.41) is 0. The van der Waals surface area contributed by atoms with Crippen molar-refractivity contribution in [3.8, 4) is 0 Å². The molecule has 1 amide bonds.